The third-order valence-electron chi connectivity index (χ3n) is 7.39. The number of hydrogen-bond acceptors (Lipinski definition) is 3. The van der Waals surface area contributed by atoms with Crippen LogP contribution in [0.5, 0.6) is 0 Å². The molecule has 11 heteroatoms. The van der Waals surface area contributed by atoms with Crippen LogP contribution in [0.1, 0.15) is 61.0 Å². The number of ether oxygens (including phenoxy) is 1. The average molecular weight is 533 g/mol. The summed E-state index contributed by atoms with van der Waals surface area (Å²) < 4.78 is 100.0. The summed E-state index contributed by atoms with van der Waals surface area (Å²) >= 11 is 0. The van der Waals surface area contributed by atoms with E-state index in [1.807, 2.05) is 0 Å². The van der Waals surface area contributed by atoms with E-state index in [2.05, 4.69) is 0 Å². The molecular formula is C26H26F7NO3. The van der Waals surface area contributed by atoms with Crippen LogP contribution in [-0.4, -0.2) is 34.8 Å². The first kappa shape index (κ1) is 27.4. The summed E-state index contributed by atoms with van der Waals surface area (Å²) in [5, 5.41) is 11.0. The van der Waals surface area contributed by atoms with E-state index in [-0.39, 0.29) is 23.5 Å². The maximum atomic E-state index is 13.6. The van der Waals surface area contributed by atoms with Crippen molar-refractivity contribution in [2.24, 2.45) is 11.8 Å². The summed E-state index contributed by atoms with van der Waals surface area (Å²) in [7, 11) is 0. The number of aliphatic hydroxyl groups is 1. The second-order valence-electron chi connectivity index (χ2n) is 9.73. The monoisotopic (exact) mass is 533 g/mol. The van der Waals surface area contributed by atoms with Gasteiger partial charge in [-0.05, 0) is 67.1 Å². The van der Waals surface area contributed by atoms with Crippen molar-refractivity contribution in [1.29, 1.82) is 0 Å². The SMILES string of the molecule is CC(=O)N1C[C@H]2CC[C@H](O[C@H](C)c3cc(C(F)(F)F)cc(C(F)(F)F)c3)[C@@H](c3ccc(F)cc3)[C@@H]2C1O. The Labute approximate surface area is 209 Å². The maximum absolute atomic E-state index is 13.6. The van der Waals surface area contributed by atoms with Crippen molar-refractivity contribution in [3.8, 4) is 0 Å². The highest BCUT2D eigenvalue weighted by Crippen LogP contribution is 2.50. The van der Waals surface area contributed by atoms with Gasteiger partial charge in [-0.25, -0.2) is 4.39 Å². The Morgan fingerprint density at radius 3 is 2.08 bits per heavy atom. The van der Waals surface area contributed by atoms with E-state index < -0.39 is 59.6 Å². The van der Waals surface area contributed by atoms with E-state index in [0.29, 0.717) is 37.1 Å². The first-order valence-corrected chi connectivity index (χ1v) is 11.8. The predicted octanol–water partition coefficient (Wildman–Crippen LogP) is 6.30. The molecule has 1 saturated heterocycles. The van der Waals surface area contributed by atoms with Crippen molar-refractivity contribution in [2.45, 2.75) is 63.4 Å². The van der Waals surface area contributed by atoms with Crippen LogP contribution in [0.3, 0.4) is 0 Å². The van der Waals surface area contributed by atoms with Crippen molar-refractivity contribution in [3.05, 3.63) is 70.5 Å². The molecule has 4 nitrogen and oxygen atoms in total. The third-order valence-corrected chi connectivity index (χ3v) is 7.39. The van der Waals surface area contributed by atoms with Gasteiger partial charge in [-0.15, -0.1) is 0 Å². The van der Waals surface area contributed by atoms with Gasteiger partial charge in [0, 0.05) is 25.3 Å². The van der Waals surface area contributed by atoms with E-state index in [0.717, 1.165) is 0 Å². The number of likely N-dealkylation sites (tertiary alicyclic amines) is 1. The first-order valence-electron chi connectivity index (χ1n) is 11.8. The van der Waals surface area contributed by atoms with Gasteiger partial charge in [0.15, 0.2) is 0 Å². The maximum Gasteiger partial charge on any atom is 0.416 e. The fraction of sp³-hybridized carbons (Fsp3) is 0.500. The minimum absolute atomic E-state index is 0.0635. The lowest BCUT2D eigenvalue weighted by atomic mass is 9.68. The minimum Gasteiger partial charge on any atom is -0.373 e. The molecule has 1 aliphatic heterocycles. The molecule has 0 bridgehead atoms. The zero-order valence-electron chi connectivity index (χ0n) is 20.0. The number of halogens is 7. The van der Waals surface area contributed by atoms with Crippen LogP contribution in [0.25, 0.3) is 0 Å². The van der Waals surface area contributed by atoms with Gasteiger partial charge in [-0.2, -0.15) is 26.3 Å². The van der Waals surface area contributed by atoms with Gasteiger partial charge < -0.3 is 14.7 Å². The Morgan fingerprint density at radius 1 is 1.00 bits per heavy atom. The highest BCUT2D eigenvalue weighted by Gasteiger charge is 2.52. The van der Waals surface area contributed by atoms with Crippen molar-refractivity contribution in [3.63, 3.8) is 0 Å². The number of carbonyl (C=O) groups is 1. The number of nitrogens with zero attached hydrogens (tertiary/aromatic N) is 1. The van der Waals surface area contributed by atoms with Gasteiger partial charge in [0.1, 0.15) is 12.0 Å². The topological polar surface area (TPSA) is 49.8 Å². The zero-order valence-corrected chi connectivity index (χ0v) is 20.0. The average Bonchev–Trinajstić information content (AvgIpc) is 3.15. The molecule has 0 radical (unpaired) electrons. The summed E-state index contributed by atoms with van der Waals surface area (Å²) in [5.41, 5.74) is -2.57. The predicted molar refractivity (Wildman–Crippen MR) is 118 cm³/mol. The Hall–Kier alpha value is -2.66. The second kappa shape index (κ2) is 9.90. The summed E-state index contributed by atoms with van der Waals surface area (Å²) in [4.78, 5) is 13.4. The molecule has 2 aromatic carbocycles. The molecule has 6 atom stereocenters. The quantitative estimate of drug-likeness (QED) is 0.470. The largest absolute Gasteiger partial charge is 0.416 e. The fourth-order valence-electron chi connectivity index (χ4n) is 5.65. The van der Waals surface area contributed by atoms with Gasteiger partial charge in [0.05, 0.1) is 23.3 Å². The standard InChI is InChI=1S/C26H26F7NO3/c1-13(17-9-18(25(28,29)30)11-19(10-17)26(31,32)33)37-21-8-5-16-12-34(14(2)35)24(36)23(16)22(21)15-3-6-20(27)7-4-15/h3-4,6-7,9-11,13,16,21-24,36H,5,8,12H2,1-2H3/t13-,16-,21+,22-,23-,24?/m1/s1. The molecule has 1 amide bonds. The second-order valence-corrected chi connectivity index (χ2v) is 9.73. The Balaban J connectivity index is 1.69. The van der Waals surface area contributed by atoms with Crippen LogP contribution in [0.15, 0.2) is 42.5 Å². The van der Waals surface area contributed by atoms with E-state index in [1.54, 1.807) is 0 Å². The minimum atomic E-state index is -4.99. The molecule has 1 heterocycles. The summed E-state index contributed by atoms with van der Waals surface area (Å²) in [6, 6.07) is 6.82. The smallest absolute Gasteiger partial charge is 0.373 e. The van der Waals surface area contributed by atoms with Crippen LogP contribution >= 0.6 is 0 Å². The molecule has 0 aromatic heterocycles. The molecule has 1 N–H and O–H groups in total. The molecule has 1 unspecified atom stereocenters. The molecule has 37 heavy (non-hydrogen) atoms. The van der Waals surface area contributed by atoms with Gasteiger partial charge in [0.2, 0.25) is 5.91 Å². The number of benzene rings is 2. The van der Waals surface area contributed by atoms with Crippen molar-refractivity contribution in [1.82, 2.24) is 4.90 Å². The number of amides is 1. The Morgan fingerprint density at radius 2 is 1.57 bits per heavy atom. The molecule has 2 fully saturated rings. The molecule has 202 valence electrons. The van der Waals surface area contributed by atoms with Gasteiger partial charge >= 0.3 is 12.4 Å². The number of hydrogen-bond donors (Lipinski definition) is 1. The fourth-order valence-corrected chi connectivity index (χ4v) is 5.65. The van der Waals surface area contributed by atoms with E-state index >= 15 is 0 Å². The van der Waals surface area contributed by atoms with Crippen LogP contribution in [0.4, 0.5) is 30.7 Å². The van der Waals surface area contributed by atoms with E-state index in [9.17, 15) is 40.6 Å². The lowest BCUT2D eigenvalue weighted by molar-refractivity contribution is -0.144. The van der Waals surface area contributed by atoms with E-state index in [1.165, 1.54) is 43.0 Å². The molecule has 4 rings (SSSR count). The highest BCUT2D eigenvalue weighted by atomic mass is 19.4. The number of alkyl halides is 6. The summed E-state index contributed by atoms with van der Waals surface area (Å²) in [5.74, 6) is -2.01. The highest BCUT2D eigenvalue weighted by molar-refractivity contribution is 5.73. The Bertz CT molecular complexity index is 1100. The Kier molecular flexibility index (Phi) is 7.33. The van der Waals surface area contributed by atoms with Crippen molar-refractivity contribution in [2.75, 3.05) is 6.54 Å². The number of rotatable bonds is 4. The zero-order chi connectivity index (χ0) is 27.3. The third kappa shape index (κ3) is 5.62. The van der Waals surface area contributed by atoms with Gasteiger partial charge in [0.25, 0.3) is 0 Å². The molecule has 0 spiro atoms. The molecule has 1 aliphatic carbocycles. The summed E-state index contributed by atoms with van der Waals surface area (Å²) in [6.07, 6.45) is -12.1. The lowest BCUT2D eigenvalue weighted by Gasteiger charge is -2.42. The molecular weight excluding hydrogens is 507 g/mol. The molecule has 2 aromatic rings. The summed E-state index contributed by atoms with van der Waals surface area (Å²) in [6.45, 7) is 3.01. The van der Waals surface area contributed by atoms with Gasteiger partial charge in [-0.1, -0.05) is 12.1 Å². The molecule has 2 aliphatic rings. The van der Waals surface area contributed by atoms with Crippen LogP contribution in [-0.2, 0) is 21.9 Å². The van der Waals surface area contributed by atoms with Crippen LogP contribution in [0.2, 0.25) is 0 Å². The molecule has 1 saturated carbocycles. The van der Waals surface area contributed by atoms with Gasteiger partial charge in [-0.3, -0.25) is 4.79 Å². The van der Waals surface area contributed by atoms with Crippen molar-refractivity contribution >= 4 is 5.91 Å². The van der Waals surface area contributed by atoms with Crippen molar-refractivity contribution < 1.29 is 45.4 Å². The normalized spacial score (nSPS) is 27.2. The van der Waals surface area contributed by atoms with Crippen LogP contribution in [0, 0.1) is 17.7 Å². The first-order chi connectivity index (χ1) is 17.2. The van der Waals surface area contributed by atoms with E-state index in [4.69, 9.17) is 4.74 Å². The lowest BCUT2D eigenvalue weighted by Crippen LogP contribution is -2.43. The number of fused-ring (bicyclic) bond motifs is 1. The van der Waals surface area contributed by atoms with Crippen LogP contribution < -0.4 is 0 Å². The number of aliphatic hydroxyl groups excluding tert-OH is 1. The number of carbonyl (C=O) groups excluding carboxylic acids is 1.